The molecule has 2 aliphatic heterocycles. The van der Waals surface area contributed by atoms with Gasteiger partial charge in [-0.3, -0.25) is 14.4 Å². The highest BCUT2D eigenvalue weighted by Gasteiger charge is 2.46. The average molecular weight is 495 g/mol. The molecule has 0 saturated carbocycles. The maximum absolute atomic E-state index is 13.1. The predicted octanol–water partition coefficient (Wildman–Crippen LogP) is 3.94. The smallest absolute Gasteiger partial charge is 0.416 e. The summed E-state index contributed by atoms with van der Waals surface area (Å²) >= 11 is 0. The summed E-state index contributed by atoms with van der Waals surface area (Å²) in [6.45, 7) is 4.62. The highest BCUT2D eigenvalue weighted by Crippen LogP contribution is 2.38. The monoisotopic (exact) mass is 495 g/mol. The van der Waals surface area contributed by atoms with Crippen molar-refractivity contribution in [2.75, 3.05) is 19.6 Å². The normalized spacial score (nSPS) is 25.0. The largest absolute Gasteiger partial charge is 0.465 e. The van der Waals surface area contributed by atoms with Gasteiger partial charge in [-0.25, -0.2) is 4.79 Å². The van der Waals surface area contributed by atoms with Crippen molar-refractivity contribution < 1.29 is 32.7 Å². The second-order valence-electron chi connectivity index (χ2n) is 8.85. The molecule has 1 fully saturated rings. The van der Waals surface area contributed by atoms with E-state index in [2.05, 4.69) is 4.98 Å². The van der Waals surface area contributed by atoms with E-state index in [1.54, 1.807) is 23.6 Å². The Kier molecular flexibility index (Phi) is 6.21. The van der Waals surface area contributed by atoms with Gasteiger partial charge in [-0.2, -0.15) is 13.2 Å². The first kappa shape index (κ1) is 24.5. The van der Waals surface area contributed by atoms with Crippen molar-refractivity contribution in [3.63, 3.8) is 0 Å². The molecule has 0 spiro atoms. The van der Waals surface area contributed by atoms with Crippen LogP contribution in [0.5, 0.6) is 6.01 Å². The van der Waals surface area contributed by atoms with Gasteiger partial charge in [-0.1, -0.05) is 24.3 Å². The molecule has 4 rings (SSSR count). The number of nitro groups is 1. The topological polar surface area (TPSA) is 114 Å². The minimum absolute atomic E-state index is 0.111. The molecule has 0 aliphatic carbocycles. The van der Waals surface area contributed by atoms with Gasteiger partial charge < -0.3 is 20.0 Å². The molecule has 0 radical (unpaired) electrons. The van der Waals surface area contributed by atoms with Gasteiger partial charge in [-0.15, -0.1) is 0 Å². The van der Waals surface area contributed by atoms with Crippen LogP contribution in [0.25, 0.3) is 0 Å². The molecule has 3 heterocycles. The van der Waals surface area contributed by atoms with Gasteiger partial charge in [0.2, 0.25) is 0 Å². The van der Waals surface area contributed by atoms with Crippen LogP contribution in [0.1, 0.15) is 31.0 Å². The second-order valence-corrected chi connectivity index (χ2v) is 8.85. The molecule has 188 valence electrons. The number of imidazole rings is 1. The Labute approximate surface area is 198 Å². The van der Waals surface area contributed by atoms with Crippen molar-refractivity contribution in [1.29, 1.82) is 0 Å². The number of fused-ring (bicyclic) bond motifs is 1. The summed E-state index contributed by atoms with van der Waals surface area (Å²) in [4.78, 5) is 29.5. The standard InChI is InChI=1S/C22H24F3N5O5/c1-3-4-16-18(14-5-7-15(8-6-14)22(23,24)25)27(9-10-29(16)20(31)32)12-21(2)13-28-11-17(30(33)34)26-19(28)35-21/h3-8,11,16,18H,9-10,12-13H2,1-2H3,(H,31,32)/t16-,18?,21?/m1/s1. The Morgan fingerprint density at radius 3 is 2.57 bits per heavy atom. The third-order valence-electron chi connectivity index (χ3n) is 6.21. The minimum Gasteiger partial charge on any atom is -0.465 e. The van der Waals surface area contributed by atoms with Gasteiger partial charge in [0.15, 0.2) is 0 Å². The van der Waals surface area contributed by atoms with Crippen LogP contribution in [0.2, 0.25) is 0 Å². The van der Waals surface area contributed by atoms with E-state index in [1.165, 1.54) is 23.2 Å². The van der Waals surface area contributed by atoms with Crippen LogP contribution in [0.3, 0.4) is 0 Å². The van der Waals surface area contributed by atoms with Crippen molar-refractivity contribution in [2.45, 2.75) is 44.3 Å². The number of alkyl halides is 3. The lowest BCUT2D eigenvalue weighted by atomic mass is 9.91. The molecule has 1 N–H and O–H groups in total. The number of hydrogen-bond acceptors (Lipinski definition) is 6. The van der Waals surface area contributed by atoms with Crippen LogP contribution >= 0.6 is 0 Å². The number of hydrogen-bond donors (Lipinski definition) is 1. The molecule has 1 amide bonds. The van der Waals surface area contributed by atoms with E-state index in [1.807, 2.05) is 11.8 Å². The quantitative estimate of drug-likeness (QED) is 0.380. The van der Waals surface area contributed by atoms with Crippen LogP contribution in [0, 0.1) is 10.1 Å². The molecule has 2 unspecified atom stereocenters. The number of amides is 1. The minimum atomic E-state index is -4.49. The van der Waals surface area contributed by atoms with E-state index in [-0.39, 0.29) is 31.5 Å². The molecule has 3 atom stereocenters. The molecule has 1 saturated heterocycles. The number of nitrogens with zero attached hydrogens (tertiary/aromatic N) is 5. The van der Waals surface area contributed by atoms with Gasteiger partial charge in [0.1, 0.15) is 11.8 Å². The summed E-state index contributed by atoms with van der Waals surface area (Å²) in [5.41, 5.74) is -1.10. The summed E-state index contributed by atoms with van der Waals surface area (Å²) in [5.74, 6) is -0.326. The molecule has 35 heavy (non-hydrogen) atoms. The fourth-order valence-corrected chi connectivity index (χ4v) is 4.79. The highest BCUT2D eigenvalue weighted by molar-refractivity contribution is 5.66. The van der Waals surface area contributed by atoms with E-state index in [0.29, 0.717) is 12.1 Å². The summed E-state index contributed by atoms with van der Waals surface area (Å²) in [7, 11) is 0. The molecule has 2 aromatic rings. The Morgan fingerprint density at radius 2 is 2.03 bits per heavy atom. The van der Waals surface area contributed by atoms with Gasteiger partial charge in [-0.05, 0) is 36.5 Å². The zero-order valence-corrected chi connectivity index (χ0v) is 19.0. The van der Waals surface area contributed by atoms with Crippen LogP contribution in [0.4, 0.5) is 23.8 Å². The fraction of sp³-hybridized carbons (Fsp3) is 0.455. The molecular weight excluding hydrogens is 471 g/mol. The Bertz CT molecular complexity index is 1120. The van der Waals surface area contributed by atoms with Crippen LogP contribution < -0.4 is 4.74 Å². The summed E-state index contributed by atoms with van der Waals surface area (Å²) in [6.07, 6.45) is -0.896. The van der Waals surface area contributed by atoms with Crippen molar-refractivity contribution in [3.8, 4) is 6.01 Å². The first-order chi connectivity index (χ1) is 16.4. The van der Waals surface area contributed by atoms with Gasteiger partial charge in [0, 0.05) is 24.6 Å². The van der Waals surface area contributed by atoms with E-state index in [4.69, 9.17) is 4.74 Å². The number of halogens is 3. The van der Waals surface area contributed by atoms with Crippen LogP contribution in [-0.2, 0) is 12.7 Å². The summed E-state index contributed by atoms with van der Waals surface area (Å²) in [5, 5.41) is 20.8. The van der Waals surface area contributed by atoms with Crippen molar-refractivity contribution >= 4 is 11.9 Å². The van der Waals surface area contributed by atoms with Gasteiger partial charge >= 0.3 is 24.1 Å². The number of rotatable bonds is 5. The lowest BCUT2D eigenvalue weighted by Gasteiger charge is -2.47. The van der Waals surface area contributed by atoms with Crippen molar-refractivity contribution in [1.82, 2.24) is 19.4 Å². The van der Waals surface area contributed by atoms with Crippen molar-refractivity contribution in [2.24, 2.45) is 0 Å². The molecule has 1 aromatic carbocycles. The van der Waals surface area contributed by atoms with E-state index >= 15 is 0 Å². The Morgan fingerprint density at radius 1 is 1.34 bits per heavy atom. The van der Waals surface area contributed by atoms with Crippen LogP contribution in [-0.4, -0.2) is 66.8 Å². The number of benzene rings is 1. The number of aromatic nitrogens is 2. The number of piperazine rings is 1. The first-order valence-electron chi connectivity index (χ1n) is 10.9. The van der Waals surface area contributed by atoms with E-state index in [9.17, 15) is 33.2 Å². The zero-order chi connectivity index (χ0) is 25.5. The molecule has 13 heteroatoms. The Balaban J connectivity index is 1.65. The molecular formula is C22H24F3N5O5. The zero-order valence-electron chi connectivity index (χ0n) is 19.0. The predicted molar refractivity (Wildman–Crippen MR) is 117 cm³/mol. The lowest BCUT2D eigenvalue weighted by molar-refractivity contribution is -0.389. The van der Waals surface area contributed by atoms with Crippen molar-refractivity contribution in [3.05, 3.63) is 63.9 Å². The lowest BCUT2D eigenvalue weighted by Crippen LogP contribution is -2.59. The number of carboxylic acid groups (broad SMARTS) is 1. The molecule has 0 bridgehead atoms. The number of allylic oxidation sites excluding steroid dienone is 1. The first-order valence-corrected chi connectivity index (χ1v) is 10.9. The average Bonchev–Trinajstić information content (AvgIpc) is 3.28. The third-order valence-corrected chi connectivity index (χ3v) is 6.21. The highest BCUT2D eigenvalue weighted by atomic mass is 19.4. The Hall–Kier alpha value is -3.61. The van der Waals surface area contributed by atoms with E-state index in [0.717, 1.165) is 12.1 Å². The fourth-order valence-electron chi connectivity index (χ4n) is 4.79. The molecule has 2 aliphatic rings. The number of ether oxygens (including phenoxy) is 1. The number of carbonyl (C=O) groups is 1. The molecule has 10 nitrogen and oxygen atoms in total. The molecule has 1 aromatic heterocycles. The maximum Gasteiger partial charge on any atom is 0.416 e. The maximum atomic E-state index is 13.1. The van der Waals surface area contributed by atoms with Gasteiger partial charge in [0.25, 0.3) is 0 Å². The van der Waals surface area contributed by atoms with Gasteiger partial charge in [0.05, 0.1) is 24.2 Å². The van der Waals surface area contributed by atoms with Crippen LogP contribution in [0.15, 0.2) is 42.6 Å². The van der Waals surface area contributed by atoms with E-state index < -0.39 is 40.4 Å². The third kappa shape index (κ3) is 4.81. The second kappa shape index (κ2) is 8.87. The summed E-state index contributed by atoms with van der Waals surface area (Å²) < 4.78 is 46.9. The summed E-state index contributed by atoms with van der Waals surface area (Å²) in [6, 6.07) is 3.60. The SMILES string of the molecule is CC=C[C@@H]1C(c2ccc(C(F)(F)F)cc2)N(CC2(C)Cn3cc([N+](=O)[O-])nc3O2)CCN1C(=O)O.